The fraction of sp³-hybridized carbons (Fsp3) is 1.00. The highest BCUT2D eigenvalue weighted by Crippen LogP contribution is 2.65. The van der Waals surface area contributed by atoms with E-state index in [0.29, 0.717) is 10.8 Å². The first-order chi connectivity index (χ1) is 7.02. The van der Waals surface area contributed by atoms with Crippen molar-refractivity contribution in [3.63, 3.8) is 0 Å². The molecule has 3 fully saturated rings. The Balaban J connectivity index is 1.73. The van der Waals surface area contributed by atoms with Gasteiger partial charge in [-0.25, -0.2) is 0 Å². The van der Waals surface area contributed by atoms with Crippen LogP contribution in [0, 0.1) is 22.7 Å². The van der Waals surface area contributed by atoms with Gasteiger partial charge in [-0.1, -0.05) is 20.8 Å². The van der Waals surface area contributed by atoms with Gasteiger partial charge in [-0.05, 0) is 61.3 Å². The zero-order valence-electron chi connectivity index (χ0n) is 10.5. The monoisotopic (exact) mass is 207 g/mol. The van der Waals surface area contributed by atoms with Crippen LogP contribution in [-0.4, -0.2) is 12.6 Å². The Labute approximate surface area is 94.0 Å². The Hall–Kier alpha value is -0.0400. The molecule has 0 radical (unpaired) electrons. The molecule has 1 nitrogen and oxygen atoms in total. The second-order valence-electron chi connectivity index (χ2n) is 7.15. The third-order valence-corrected chi connectivity index (χ3v) is 5.76. The van der Waals surface area contributed by atoms with E-state index >= 15 is 0 Å². The summed E-state index contributed by atoms with van der Waals surface area (Å²) >= 11 is 0. The lowest BCUT2D eigenvalue weighted by Crippen LogP contribution is -2.42. The van der Waals surface area contributed by atoms with Crippen LogP contribution in [0.1, 0.15) is 52.9 Å². The van der Waals surface area contributed by atoms with E-state index in [1.54, 1.807) is 0 Å². The Morgan fingerprint density at radius 2 is 1.87 bits per heavy atom. The predicted octanol–water partition coefficient (Wildman–Crippen LogP) is 3.20. The van der Waals surface area contributed by atoms with Crippen LogP contribution in [0.25, 0.3) is 0 Å². The Morgan fingerprint density at radius 3 is 2.40 bits per heavy atom. The summed E-state index contributed by atoms with van der Waals surface area (Å²) in [6, 6.07) is 0.878. The lowest BCUT2D eigenvalue weighted by Gasteiger charge is -2.43. The minimum absolute atomic E-state index is 0.592. The van der Waals surface area contributed by atoms with Gasteiger partial charge in [0.25, 0.3) is 0 Å². The van der Waals surface area contributed by atoms with Gasteiger partial charge in [0.1, 0.15) is 0 Å². The minimum atomic E-state index is 0.592. The number of fused-ring (bicyclic) bond motifs is 2. The topological polar surface area (TPSA) is 12.0 Å². The van der Waals surface area contributed by atoms with Gasteiger partial charge in [0.2, 0.25) is 0 Å². The van der Waals surface area contributed by atoms with Gasteiger partial charge in [0, 0.05) is 6.04 Å². The Bertz CT molecular complexity index is 262. The first kappa shape index (κ1) is 10.1. The van der Waals surface area contributed by atoms with E-state index in [1.165, 1.54) is 38.6 Å². The quantitative estimate of drug-likeness (QED) is 0.749. The van der Waals surface area contributed by atoms with Crippen molar-refractivity contribution in [2.45, 2.75) is 58.9 Å². The van der Waals surface area contributed by atoms with Crippen molar-refractivity contribution in [2.75, 3.05) is 6.54 Å². The largest absolute Gasteiger partial charge is 0.314 e. The highest BCUT2D eigenvalue weighted by molar-refractivity contribution is 5.09. The molecule has 15 heavy (non-hydrogen) atoms. The number of nitrogens with one attached hydrogen (secondary N) is 1. The van der Waals surface area contributed by atoms with E-state index in [4.69, 9.17) is 0 Å². The molecule has 1 N–H and O–H groups in total. The van der Waals surface area contributed by atoms with Crippen molar-refractivity contribution in [3.8, 4) is 0 Å². The van der Waals surface area contributed by atoms with Crippen LogP contribution in [0.4, 0.5) is 0 Å². The van der Waals surface area contributed by atoms with E-state index in [0.717, 1.165) is 17.9 Å². The molecule has 3 atom stereocenters. The second-order valence-corrected chi connectivity index (χ2v) is 7.15. The second kappa shape index (κ2) is 3.00. The lowest BCUT2D eigenvalue weighted by atomic mass is 9.64. The maximum Gasteiger partial charge on any atom is 0.00683 e. The molecule has 3 unspecified atom stereocenters. The average molecular weight is 207 g/mol. The van der Waals surface area contributed by atoms with Gasteiger partial charge in [-0.2, -0.15) is 0 Å². The van der Waals surface area contributed by atoms with Gasteiger partial charge >= 0.3 is 0 Å². The molecule has 2 bridgehead atoms. The molecule has 3 saturated carbocycles. The predicted molar refractivity (Wildman–Crippen MR) is 63.7 cm³/mol. The molecule has 0 aromatic carbocycles. The molecule has 0 aromatic rings. The molecule has 1 heteroatoms. The Kier molecular flexibility index (Phi) is 2.03. The zero-order chi connectivity index (χ0) is 10.7. The molecular weight excluding hydrogens is 182 g/mol. The zero-order valence-corrected chi connectivity index (χ0v) is 10.5. The Morgan fingerprint density at radius 1 is 1.13 bits per heavy atom. The molecule has 3 rings (SSSR count). The average Bonchev–Trinajstić information content (AvgIpc) is 2.84. The standard InChI is InChI=1S/C14H25N/c1-13(2)10-6-7-14(3,8-10)12(13)9-15-11-4-5-11/h10-12,15H,4-9H2,1-3H3. The molecule has 86 valence electrons. The molecule has 0 amide bonds. The van der Waals surface area contributed by atoms with Gasteiger partial charge in [0.15, 0.2) is 0 Å². The third-order valence-electron chi connectivity index (χ3n) is 5.76. The van der Waals surface area contributed by atoms with E-state index in [2.05, 4.69) is 26.1 Å². The van der Waals surface area contributed by atoms with Crippen molar-refractivity contribution >= 4 is 0 Å². The molecule has 0 saturated heterocycles. The summed E-state index contributed by atoms with van der Waals surface area (Å²) in [7, 11) is 0. The van der Waals surface area contributed by atoms with E-state index in [-0.39, 0.29) is 0 Å². The minimum Gasteiger partial charge on any atom is -0.314 e. The fourth-order valence-electron chi connectivity index (χ4n) is 4.49. The summed E-state index contributed by atoms with van der Waals surface area (Å²) in [4.78, 5) is 0. The summed E-state index contributed by atoms with van der Waals surface area (Å²) < 4.78 is 0. The van der Waals surface area contributed by atoms with Crippen molar-refractivity contribution in [2.24, 2.45) is 22.7 Å². The highest BCUT2D eigenvalue weighted by atomic mass is 15.0. The summed E-state index contributed by atoms with van der Waals surface area (Å²) in [5.41, 5.74) is 1.25. The van der Waals surface area contributed by atoms with E-state index in [9.17, 15) is 0 Å². The normalized spacial score (nSPS) is 47.4. The smallest absolute Gasteiger partial charge is 0.00683 e. The van der Waals surface area contributed by atoms with Crippen LogP contribution < -0.4 is 5.32 Å². The van der Waals surface area contributed by atoms with Crippen molar-refractivity contribution < 1.29 is 0 Å². The first-order valence-electron chi connectivity index (χ1n) is 6.76. The highest BCUT2D eigenvalue weighted by Gasteiger charge is 2.58. The maximum atomic E-state index is 3.76. The van der Waals surface area contributed by atoms with Gasteiger partial charge in [-0.15, -0.1) is 0 Å². The van der Waals surface area contributed by atoms with Gasteiger partial charge in [0.05, 0.1) is 0 Å². The molecule has 0 aliphatic heterocycles. The summed E-state index contributed by atoms with van der Waals surface area (Å²) in [5.74, 6) is 1.93. The van der Waals surface area contributed by atoms with Crippen molar-refractivity contribution in [1.29, 1.82) is 0 Å². The van der Waals surface area contributed by atoms with Gasteiger partial charge < -0.3 is 5.32 Å². The molecule has 3 aliphatic rings. The van der Waals surface area contributed by atoms with Crippen molar-refractivity contribution in [3.05, 3.63) is 0 Å². The number of hydrogen-bond donors (Lipinski definition) is 1. The van der Waals surface area contributed by atoms with E-state index in [1.807, 2.05) is 0 Å². The van der Waals surface area contributed by atoms with E-state index < -0.39 is 0 Å². The van der Waals surface area contributed by atoms with Crippen LogP contribution in [0.2, 0.25) is 0 Å². The first-order valence-corrected chi connectivity index (χ1v) is 6.76. The maximum absolute atomic E-state index is 3.76. The lowest BCUT2D eigenvalue weighted by molar-refractivity contribution is 0.0738. The SMILES string of the molecule is CC12CCC(C1)C(C)(C)C2CNC1CC1. The van der Waals surface area contributed by atoms with Crippen LogP contribution >= 0.6 is 0 Å². The summed E-state index contributed by atoms with van der Waals surface area (Å²) in [5, 5.41) is 3.76. The number of hydrogen-bond acceptors (Lipinski definition) is 1. The molecular formula is C14H25N. The fourth-order valence-corrected chi connectivity index (χ4v) is 4.49. The van der Waals surface area contributed by atoms with Crippen molar-refractivity contribution in [1.82, 2.24) is 5.32 Å². The number of rotatable bonds is 3. The van der Waals surface area contributed by atoms with Crippen LogP contribution in [0.15, 0.2) is 0 Å². The molecule has 0 spiro atoms. The van der Waals surface area contributed by atoms with Crippen LogP contribution in [-0.2, 0) is 0 Å². The molecule has 0 heterocycles. The molecule has 0 aromatic heterocycles. The summed E-state index contributed by atoms with van der Waals surface area (Å²) in [6.45, 7) is 8.86. The summed E-state index contributed by atoms with van der Waals surface area (Å²) in [6.07, 6.45) is 7.32. The van der Waals surface area contributed by atoms with Crippen LogP contribution in [0.5, 0.6) is 0 Å². The van der Waals surface area contributed by atoms with Crippen LogP contribution in [0.3, 0.4) is 0 Å². The van der Waals surface area contributed by atoms with Gasteiger partial charge in [-0.3, -0.25) is 0 Å². The molecule has 3 aliphatic carbocycles. The third kappa shape index (κ3) is 1.46.